The zero-order valence-electron chi connectivity index (χ0n) is 17.2. The second kappa shape index (κ2) is 9.25. The third-order valence-corrected chi connectivity index (χ3v) is 7.63. The number of ether oxygens (including phenoxy) is 3. The SMILES string of the molecule is C=CC(=O)OCCOC[C@H]1[C@H](C)[C@H]2[C@@H](C)[C@H]1[C@H]1C[C@H](CCOC(=O)C=C)C[C@H]12. The number of hydrogen-bond donors (Lipinski definition) is 0. The summed E-state index contributed by atoms with van der Waals surface area (Å²) in [6.07, 6.45) is 5.90. The van der Waals surface area contributed by atoms with Gasteiger partial charge in [0.05, 0.1) is 19.8 Å². The number of carbonyl (C=O) groups is 2. The first-order chi connectivity index (χ1) is 13.5. The van der Waals surface area contributed by atoms with E-state index >= 15 is 0 Å². The summed E-state index contributed by atoms with van der Waals surface area (Å²) in [5.41, 5.74) is 0. The highest BCUT2D eigenvalue weighted by atomic mass is 16.6. The van der Waals surface area contributed by atoms with Crippen LogP contribution in [0.25, 0.3) is 0 Å². The van der Waals surface area contributed by atoms with Gasteiger partial charge in [-0.2, -0.15) is 0 Å². The fraction of sp³-hybridized carbons (Fsp3) is 0.739. The number of esters is 2. The minimum atomic E-state index is -0.399. The lowest BCUT2D eigenvalue weighted by Gasteiger charge is -2.36. The molecular formula is C23H34O5. The summed E-state index contributed by atoms with van der Waals surface area (Å²) in [6, 6.07) is 0. The number of carbonyl (C=O) groups excluding carboxylic acids is 2. The van der Waals surface area contributed by atoms with Crippen LogP contribution in [0.5, 0.6) is 0 Å². The molecule has 28 heavy (non-hydrogen) atoms. The highest BCUT2D eigenvalue weighted by Gasteiger charge is 2.62. The Bertz CT molecular complexity index is 598. The zero-order chi connectivity index (χ0) is 20.3. The average Bonchev–Trinajstić information content (AvgIpc) is 3.27. The number of fused-ring (bicyclic) bond motifs is 5. The third-order valence-electron chi connectivity index (χ3n) is 7.63. The Hall–Kier alpha value is -1.62. The largest absolute Gasteiger partial charge is 0.463 e. The molecule has 5 nitrogen and oxygen atoms in total. The van der Waals surface area contributed by atoms with Crippen molar-refractivity contribution in [3.8, 4) is 0 Å². The molecule has 3 fully saturated rings. The lowest BCUT2D eigenvalue weighted by Crippen LogP contribution is -2.33. The predicted octanol–water partition coefficient (Wildman–Crippen LogP) is 3.64. The molecule has 156 valence electrons. The second-order valence-electron chi connectivity index (χ2n) is 8.81. The van der Waals surface area contributed by atoms with Crippen LogP contribution in [0.1, 0.15) is 33.1 Å². The summed E-state index contributed by atoms with van der Waals surface area (Å²) in [5, 5.41) is 0. The molecular weight excluding hydrogens is 356 g/mol. The van der Waals surface area contributed by atoms with Crippen LogP contribution in [0.15, 0.2) is 25.3 Å². The Kier molecular flexibility index (Phi) is 6.97. The van der Waals surface area contributed by atoms with Crippen LogP contribution in [-0.4, -0.2) is 38.4 Å². The summed E-state index contributed by atoms with van der Waals surface area (Å²) in [5.74, 6) is 5.07. The molecule has 3 rings (SSSR count). The van der Waals surface area contributed by atoms with Crippen LogP contribution < -0.4 is 0 Å². The van der Waals surface area contributed by atoms with Crippen molar-refractivity contribution in [2.24, 2.45) is 47.3 Å². The van der Waals surface area contributed by atoms with Gasteiger partial charge >= 0.3 is 11.9 Å². The highest BCUT2D eigenvalue weighted by Crippen LogP contribution is 2.67. The van der Waals surface area contributed by atoms with E-state index in [9.17, 15) is 9.59 Å². The van der Waals surface area contributed by atoms with Gasteiger partial charge in [0.15, 0.2) is 0 Å². The minimum absolute atomic E-state index is 0.285. The van der Waals surface area contributed by atoms with E-state index in [0.717, 1.165) is 42.6 Å². The minimum Gasteiger partial charge on any atom is -0.463 e. The summed E-state index contributed by atoms with van der Waals surface area (Å²) in [6.45, 7) is 13.6. The molecule has 2 bridgehead atoms. The van der Waals surface area contributed by atoms with Crippen LogP contribution in [0.4, 0.5) is 0 Å². The van der Waals surface area contributed by atoms with Crippen LogP contribution in [0.2, 0.25) is 0 Å². The molecule has 3 aliphatic rings. The van der Waals surface area contributed by atoms with Gasteiger partial charge in [0.2, 0.25) is 0 Å². The molecule has 0 saturated heterocycles. The van der Waals surface area contributed by atoms with Crippen LogP contribution in [-0.2, 0) is 23.8 Å². The van der Waals surface area contributed by atoms with Crippen molar-refractivity contribution < 1.29 is 23.8 Å². The molecule has 0 spiro atoms. The molecule has 0 radical (unpaired) electrons. The average molecular weight is 391 g/mol. The van der Waals surface area contributed by atoms with Crippen molar-refractivity contribution in [1.82, 2.24) is 0 Å². The van der Waals surface area contributed by atoms with Gasteiger partial charge in [0, 0.05) is 12.2 Å². The monoisotopic (exact) mass is 390 g/mol. The summed E-state index contributed by atoms with van der Waals surface area (Å²) in [4.78, 5) is 22.3. The van der Waals surface area contributed by atoms with Crippen molar-refractivity contribution in [2.75, 3.05) is 26.4 Å². The van der Waals surface area contributed by atoms with E-state index in [0.29, 0.717) is 31.0 Å². The molecule has 0 heterocycles. The van der Waals surface area contributed by atoms with Gasteiger partial charge in [-0.05, 0) is 66.6 Å². The first kappa shape index (κ1) is 21.1. The molecule has 0 aromatic rings. The van der Waals surface area contributed by atoms with E-state index in [4.69, 9.17) is 14.2 Å². The number of rotatable bonds is 10. The van der Waals surface area contributed by atoms with Crippen molar-refractivity contribution in [3.63, 3.8) is 0 Å². The standard InChI is InChI=1S/C23H34O5/c1-5-20(24)27-8-7-16-11-17-18(12-16)23-15(4)22(17)14(3)19(23)13-26-9-10-28-21(25)6-2/h5-6,14-19,22-23H,1-2,7-13H2,3-4H3/t14-,15+,16+,17+,18-,19-,22-,23-/m0/s1. The number of hydrogen-bond acceptors (Lipinski definition) is 5. The molecule has 3 aliphatic carbocycles. The van der Waals surface area contributed by atoms with E-state index in [2.05, 4.69) is 27.0 Å². The van der Waals surface area contributed by atoms with E-state index in [-0.39, 0.29) is 12.6 Å². The zero-order valence-corrected chi connectivity index (χ0v) is 17.2. The molecule has 0 aromatic heterocycles. The smallest absolute Gasteiger partial charge is 0.330 e. The summed E-state index contributed by atoms with van der Waals surface area (Å²) >= 11 is 0. The van der Waals surface area contributed by atoms with Crippen molar-refractivity contribution in [3.05, 3.63) is 25.3 Å². The lowest BCUT2D eigenvalue weighted by atomic mass is 9.70. The van der Waals surface area contributed by atoms with Gasteiger partial charge in [0.25, 0.3) is 0 Å². The van der Waals surface area contributed by atoms with E-state index < -0.39 is 5.97 Å². The fourth-order valence-electron chi connectivity index (χ4n) is 6.71. The summed E-state index contributed by atoms with van der Waals surface area (Å²) in [7, 11) is 0. The Labute approximate surface area is 168 Å². The fourth-order valence-corrected chi connectivity index (χ4v) is 6.71. The van der Waals surface area contributed by atoms with Gasteiger partial charge < -0.3 is 14.2 Å². The molecule has 0 unspecified atom stereocenters. The van der Waals surface area contributed by atoms with Gasteiger partial charge in [0.1, 0.15) is 6.61 Å². The first-order valence-corrected chi connectivity index (χ1v) is 10.6. The van der Waals surface area contributed by atoms with Crippen molar-refractivity contribution in [1.29, 1.82) is 0 Å². The molecule has 0 amide bonds. The van der Waals surface area contributed by atoms with E-state index in [1.54, 1.807) is 0 Å². The van der Waals surface area contributed by atoms with Crippen molar-refractivity contribution >= 4 is 11.9 Å². The van der Waals surface area contributed by atoms with Gasteiger partial charge in [-0.25, -0.2) is 9.59 Å². The van der Waals surface area contributed by atoms with Crippen LogP contribution in [0.3, 0.4) is 0 Å². The maximum absolute atomic E-state index is 11.2. The Morgan fingerprint density at radius 1 is 0.893 bits per heavy atom. The normalized spacial score (nSPS) is 38.1. The molecule has 0 aromatic carbocycles. The molecule has 3 saturated carbocycles. The Morgan fingerprint density at radius 3 is 2.14 bits per heavy atom. The van der Waals surface area contributed by atoms with Crippen molar-refractivity contribution in [2.45, 2.75) is 33.1 Å². The van der Waals surface area contributed by atoms with Crippen LogP contribution in [0, 0.1) is 47.3 Å². The molecule has 8 atom stereocenters. The Morgan fingerprint density at radius 2 is 1.50 bits per heavy atom. The van der Waals surface area contributed by atoms with Gasteiger partial charge in [-0.3, -0.25) is 0 Å². The maximum atomic E-state index is 11.2. The maximum Gasteiger partial charge on any atom is 0.330 e. The van der Waals surface area contributed by atoms with Gasteiger partial charge in [-0.15, -0.1) is 0 Å². The Balaban J connectivity index is 1.47. The highest BCUT2D eigenvalue weighted by molar-refractivity contribution is 5.81. The third kappa shape index (κ3) is 4.19. The van der Waals surface area contributed by atoms with Gasteiger partial charge in [-0.1, -0.05) is 27.0 Å². The predicted molar refractivity (Wildman–Crippen MR) is 106 cm³/mol. The molecule has 0 aliphatic heterocycles. The molecule has 0 N–H and O–H groups in total. The van der Waals surface area contributed by atoms with E-state index in [1.165, 1.54) is 25.0 Å². The summed E-state index contributed by atoms with van der Waals surface area (Å²) < 4.78 is 16.1. The van der Waals surface area contributed by atoms with E-state index in [1.807, 2.05) is 0 Å². The molecule has 5 heteroatoms. The van der Waals surface area contributed by atoms with Crippen LogP contribution >= 0.6 is 0 Å². The lowest BCUT2D eigenvalue weighted by molar-refractivity contribution is -0.140. The first-order valence-electron chi connectivity index (χ1n) is 10.6. The quantitative estimate of drug-likeness (QED) is 0.324. The second-order valence-corrected chi connectivity index (χ2v) is 8.81. The topological polar surface area (TPSA) is 61.8 Å².